The van der Waals surface area contributed by atoms with Crippen LogP contribution in [-0.2, 0) is 6.42 Å². The van der Waals surface area contributed by atoms with E-state index in [1.807, 2.05) is 13.8 Å². The molecule has 0 unspecified atom stereocenters. The van der Waals surface area contributed by atoms with Crippen molar-refractivity contribution >= 4 is 15.9 Å². The molecule has 2 rings (SSSR count). The molecule has 0 radical (unpaired) electrons. The van der Waals surface area contributed by atoms with Crippen LogP contribution < -0.4 is 4.74 Å². The van der Waals surface area contributed by atoms with Crippen molar-refractivity contribution in [1.82, 2.24) is 0 Å². The minimum absolute atomic E-state index is 0.940. The van der Waals surface area contributed by atoms with Crippen LogP contribution in [0.2, 0.25) is 0 Å². The predicted molar refractivity (Wildman–Crippen MR) is 73.2 cm³/mol. The van der Waals surface area contributed by atoms with E-state index in [1.54, 1.807) is 7.11 Å². The average molecular weight is 285 g/mol. The minimum atomic E-state index is 0.940. The van der Waals surface area contributed by atoms with Gasteiger partial charge in [-0.1, -0.05) is 19.9 Å². The zero-order valence-electron chi connectivity index (χ0n) is 10.6. The number of ether oxygens (including phenoxy) is 1. The molecule has 1 aliphatic rings. The van der Waals surface area contributed by atoms with Crippen LogP contribution in [0.1, 0.15) is 37.8 Å². The molecule has 0 saturated heterocycles. The first-order valence-electron chi connectivity index (χ1n) is 6.03. The molecule has 1 nitrogen and oxygen atoms in total. The highest BCUT2D eigenvalue weighted by Gasteiger charge is 2.22. The van der Waals surface area contributed by atoms with E-state index in [9.17, 15) is 0 Å². The largest absolute Gasteiger partial charge is 0.495 e. The summed E-state index contributed by atoms with van der Waals surface area (Å²) < 4.78 is 6.38. The molecule has 0 amide bonds. The van der Waals surface area contributed by atoms with Gasteiger partial charge in [-0.25, -0.2) is 0 Å². The van der Waals surface area contributed by atoms with Crippen LogP contribution in [-0.4, -0.2) is 7.11 Å². The van der Waals surface area contributed by atoms with E-state index < -0.39 is 0 Å². The molecule has 0 aliphatic heterocycles. The molecule has 0 spiro atoms. The molecule has 0 N–H and O–H groups in total. The third-order valence-corrected chi connectivity index (χ3v) is 3.30. The topological polar surface area (TPSA) is 9.23 Å². The Balaban J connectivity index is 0.000000606. The van der Waals surface area contributed by atoms with Crippen LogP contribution in [0.5, 0.6) is 5.75 Å². The lowest BCUT2D eigenvalue weighted by Crippen LogP contribution is -1.93. The van der Waals surface area contributed by atoms with Gasteiger partial charge in [-0.3, -0.25) is 0 Å². The van der Waals surface area contributed by atoms with Crippen LogP contribution in [0.15, 0.2) is 16.6 Å². The second-order valence-corrected chi connectivity index (χ2v) is 4.93. The lowest BCUT2D eigenvalue weighted by atomic mass is 10.1. The van der Waals surface area contributed by atoms with Crippen LogP contribution in [0.3, 0.4) is 0 Å². The number of methoxy groups -OCH3 is 1. The normalized spacial score (nSPS) is 14.1. The molecule has 0 heterocycles. The second kappa shape index (κ2) is 6.29. The van der Waals surface area contributed by atoms with Gasteiger partial charge in [-0.05, 0) is 65.2 Å². The number of benzene rings is 1. The highest BCUT2D eigenvalue weighted by molar-refractivity contribution is 9.10. The van der Waals surface area contributed by atoms with Crippen molar-refractivity contribution < 1.29 is 4.74 Å². The molecule has 1 fully saturated rings. The molecule has 90 valence electrons. The third-order valence-electron chi connectivity index (χ3n) is 2.71. The van der Waals surface area contributed by atoms with Gasteiger partial charge in [0.2, 0.25) is 0 Å². The highest BCUT2D eigenvalue weighted by Crippen LogP contribution is 2.36. The van der Waals surface area contributed by atoms with E-state index in [0.717, 1.165) is 16.1 Å². The van der Waals surface area contributed by atoms with Gasteiger partial charge in [-0.15, -0.1) is 0 Å². The molecule has 1 aliphatic carbocycles. The maximum absolute atomic E-state index is 5.30. The van der Waals surface area contributed by atoms with Gasteiger partial charge in [0.05, 0.1) is 11.6 Å². The molecular weight excluding hydrogens is 264 g/mol. The SMILES string of the molecule is CC.COc1c(C)cc(CC2CC2)cc1Br. The fourth-order valence-corrected chi connectivity index (χ4v) is 2.60. The molecular formula is C14H21BrO. The Hall–Kier alpha value is -0.500. The zero-order chi connectivity index (χ0) is 12.1. The number of hydrogen-bond donors (Lipinski definition) is 0. The van der Waals surface area contributed by atoms with Crippen molar-refractivity contribution in [2.45, 2.75) is 40.0 Å². The van der Waals surface area contributed by atoms with E-state index in [-0.39, 0.29) is 0 Å². The van der Waals surface area contributed by atoms with Crippen LogP contribution in [0.25, 0.3) is 0 Å². The van der Waals surface area contributed by atoms with E-state index in [0.29, 0.717) is 0 Å². The number of rotatable bonds is 3. The maximum Gasteiger partial charge on any atom is 0.135 e. The van der Waals surface area contributed by atoms with Crippen molar-refractivity contribution in [3.05, 3.63) is 27.7 Å². The first-order valence-corrected chi connectivity index (χ1v) is 6.83. The van der Waals surface area contributed by atoms with Gasteiger partial charge in [0.15, 0.2) is 0 Å². The van der Waals surface area contributed by atoms with E-state index in [1.165, 1.54) is 30.4 Å². The quantitative estimate of drug-likeness (QED) is 0.779. The Morgan fingerprint density at radius 1 is 1.31 bits per heavy atom. The van der Waals surface area contributed by atoms with Gasteiger partial charge in [0.1, 0.15) is 5.75 Å². The Morgan fingerprint density at radius 3 is 2.38 bits per heavy atom. The summed E-state index contributed by atoms with van der Waals surface area (Å²) in [6.07, 6.45) is 4.04. The van der Waals surface area contributed by atoms with Crippen molar-refractivity contribution in [3.8, 4) is 5.75 Å². The number of aryl methyl sites for hydroxylation is 1. The van der Waals surface area contributed by atoms with Crippen molar-refractivity contribution in [3.63, 3.8) is 0 Å². The second-order valence-electron chi connectivity index (χ2n) is 4.08. The smallest absolute Gasteiger partial charge is 0.135 e. The molecule has 0 aromatic heterocycles. The van der Waals surface area contributed by atoms with Crippen LogP contribution in [0.4, 0.5) is 0 Å². The summed E-state index contributed by atoms with van der Waals surface area (Å²) in [5.74, 6) is 1.90. The monoisotopic (exact) mass is 284 g/mol. The summed E-state index contributed by atoms with van der Waals surface area (Å²) in [6.45, 7) is 6.10. The van der Waals surface area contributed by atoms with Crippen LogP contribution in [0, 0.1) is 12.8 Å². The molecule has 0 atom stereocenters. The van der Waals surface area contributed by atoms with Gasteiger partial charge < -0.3 is 4.74 Å². The Bertz CT molecular complexity index is 320. The summed E-state index contributed by atoms with van der Waals surface area (Å²) >= 11 is 3.54. The summed E-state index contributed by atoms with van der Waals surface area (Å²) in [6, 6.07) is 4.42. The Labute approximate surface area is 107 Å². The minimum Gasteiger partial charge on any atom is -0.495 e. The maximum atomic E-state index is 5.30. The van der Waals surface area contributed by atoms with Crippen LogP contribution >= 0.6 is 15.9 Å². The highest BCUT2D eigenvalue weighted by atomic mass is 79.9. The average Bonchev–Trinajstić information content (AvgIpc) is 3.04. The van der Waals surface area contributed by atoms with Crippen molar-refractivity contribution in [1.29, 1.82) is 0 Å². The molecule has 2 heteroatoms. The van der Waals surface area contributed by atoms with Gasteiger partial charge in [0, 0.05) is 0 Å². The van der Waals surface area contributed by atoms with E-state index in [2.05, 4.69) is 35.0 Å². The summed E-state index contributed by atoms with van der Waals surface area (Å²) in [5.41, 5.74) is 2.65. The molecule has 1 aromatic rings. The Kier molecular flexibility index (Phi) is 5.33. The van der Waals surface area contributed by atoms with E-state index >= 15 is 0 Å². The lowest BCUT2D eigenvalue weighted by Gasteiger charge is -2.09. The number of hydrogen-bond acceptors (Lipinski definition) is 1. The predicted octanol–water partition coefficient (Wildman–Crippen LogP) is 4.74. The molecule has 16 heavy (non-hydrogen) atoms. The summed E-state index contributed by atoms with van der Waals surface area (Å²) in [5, 5.41) is 0. The van der Waals surface area contributed by atoms with Gasteiger partial charge in [-0.2, -0.15) is 0 Å². The van der Waals surface area contributed by atoms with Gasteiger partial charge >= 0.3 is 0 Å². The summed E-state index contributed by atoms with van der Waals surface area (Å²) in [7, 11) is 1.72. The lowest BCUT2D eigenvalue weighted by molar-refractivity contribution is 0.409. The molecule has 0 bridgehead atoms. The first-order chi connectivity index (χ1) is 7.70. The summed E-state index contributed by atoms with van der Waals surface area (Å²) in [4.78, 5) is 0. The fraction of sp³-hybridized carbons (Fsp3) is 0.571. The van der Waals surface area contributed by atoms with Gasteiger partial charge in [0.25, 0.3) is 0 Å². The molecule has 1 aromatic carbocycles. The Morgan fingerprint density at radius 2 is 1.94 bits per heavy atom. The standard InChI is InChI=1S/C12H15BrO.C2H6/c1-8-5-10(6-9-3-4-9)7-11(13)12(8)14-2;1-2/h5,7,9H,3-4,6H2,1-2H3;1-2H3. The van der Waals surface area contributed by atoms with E-state index in [4.69, 9.17) is 4.74 Å². The zero-order valence-corrected chi connectivity index (χ0v) is 12.2. The molecule has 1 saturated carbocycles. The first kappa shape index (κ1) is 13.6. The fourth-order valence-electron chi connectivity index (χ4n) is 1.83. The number of halogens is 1. The van der Waals surface area contributed by atoms with Crippen molar-refractivity contribution in [2.24, 2.45) is 5.92 Å². The van der Waals surface area contributed by atoms with Crippen molar-refractivity contribution in [2.75, 3.05) is 7.11 Å². The third kappa shape index (κ3) is 3.51.